The molecule has 2 N–H and O–H groups in total. The second-order valence-electron chi connectivity index (χ2n) is 8.27. The number of hydrogen-bond acceptors (Lipinski definition) is 6. The van der Waals surface area contributed by atoms with E-state index in [0.29, 0.717) is 5.71 Å². The van der Waals surface area contributed by atoms with Gasteiger partial charge in [-0.05, 0) is 62.9 Å². The summed E-state index contributed by atoms with van der Waals surface area (Å²) in [5.74, 6) is -0.0631. The summed E-state index contributed by atoms with van der Waals surface area (Å²) < 4.78 is 2.01. The molecule has 1 saturated heterocycles. The number of rotatable bonds is 4. The average Bonchev–Trinajstić information content (AvgIpc) is 2.75. The van der Waals surface area contributed by atoms with Crippen molar-refractivity contribution in [2.24, 2.45) is 5.10 Å². The summed E-state index contributed by atoms with van der Waals surface area (Å²) in [6.07, 6.45) is 12.1. The van der Waals surface area contributed by atoms with Crippen LogP contribution in [0.15, 0.2) is 34.4 Å². The van der Waals surface area contributed by atoms with Crippen LogP contribution in [-0.4, -0.2) is 36.9 Å². The first-order valence-electron chi connectivity index (χ1n) is 10.9. The SMILES string of the molecule is C/C(=N\N1CCCC[C@@H]1c1cccnc1)c1c(O)n(C2CCCCC2)c(=S)[nH]c1=O. The summed E-state index contributed by atoms with van der Waals surface area (Å²) in [6.45, 7) is 2.59. The van der Waals surface area contributed by atoms with E-state index < -0.39 is 0 Å². The minimum absolute atomic E-state index is 0.0631. The number of H-pyrrole nitrogens is 1. The molecule has 4 rings (SSSR count). The standard InChI is InChI=1S/C22H29N5O2S/c1-15(25-26-13-6-5-11-18(26)16-8-7-12-23-14-16)19-20(28)24-22(30)27(21(19)29)17-9-3-2-4-10-17/h7-8,12,14,17-18,29H,2-6,9-11,13H2,1H3,(H,24,28,30)/b25-15+/t18-/m1/s1. The molecule has 8 heteroatoms. The maximum Gasteiger partial charge on any atom is 0.264 e. The molecule has 0 spiro atoms. The Labute approximate surface area is 181 Å². The van der Waals surface area contributed by atoms with E-state index in [1.54, 1.807) is 17.7 Å². The van der Waals surface area contributed by atoms with Crippen LogP contribution in [0.2, 0.25) is 0 Å². The Morgan fingerprint density at radius 1 is 1.23 bits per heavy atom. The Bertz CT molecular complexity index is 1020. The number of hydrazone groups is 1. The van der Waals surface area contributed by atoms with Gasteiger partial charge in [0.25, 0.3) is 5.56 Å². The van der Waals surface area contributed by atoms with Crippen LogP contribution in [0.25, 0.3) is 0 Å². The molecule has 1 aliphatic carbocycles. The molecule has 1 atom stereocenters. The van der Waals surface area contributed by atoms with Crippen molar-refractivity contribution in [1.82, 2.24) is 19.5 Å². The lowest BCUT2D eigenvalue weighted by Gasteiger charge is -2.34. The van der Waals surface area contributed by atoms with Gasteiger partial charge in [0.2, 0.25) is 5.88 Å². The van der Waals surface area contributed by atoms with Crippen molar-refractivity contribution in [2.45, 2.75) is 70.4 Å². The lowest BCUT2D eigenvalue weighted by atomic mass is 9.95. The van der Waals surface area contributed by atoms with Crippen LogP contribution in [0, 0.1) is 4.77 Å². The Hall–Kier alpha value is -2.48. The molecule has 7 nitrogen and oxygen atoms in total. The fourth-order valence-electron chi connectivity index (χ4n) is 4.73. The Morgan fingerprint density at radius 3 is 2.73 bits per heavy atom. The molecule has 2 fully saturated rings. The Morgan fingerprint density at radius 2 is 2.00 bits per heavy atom. The number of aromatic amines is 1. The van der Waals surface area contributed by atoms with E-state index in [-0.39, 0.29) is 33.9 Å². The van der Waals surface area contributed by atoms with E-state index in [2.05, 4.69) is 16.0 Å². The molecule has 0 radical (unpaired) electrons. The van der Waals surface area contributed by atoms with Gasteiger partial charge in [-0.3, -0.25) is 24.3 Å². The maximum absolute atomic E-state index is 12.7. The first-order chi connectivity index (χ1) is 14.6. The van der Waals surface area contributed by atoms with E-state index in [0.717, 1.165) is 57.1 Å². The summed E-state index contributed by atoms with van der Waals surface area (Å²) in [4.78, 5) is 19.7. The minimum atomic E-state index is -0.388. The lowest BCUT2D eigenvalue weighted by Crippen LogP contribution is -2.31. The molecule has 2 aromatic rings. The van der Waals surface area contributed by atoms with Crippen molar-refractivity contribution < 1.29 is 5.11 Å². The number of hydrogen-bond donors (Lipinski definition) is 2. The second-order valence-corrected chi connectivity index (χ2v) is 8.65. The Balaban J connectivity index is 1.71. The van der Waals surface area contributed by atoms with Gasteiger partial charge in [-0.25, -0.2) is 0 Å². The predicted octanol–water partition coefficient (Wildman–Crippen LogP) is 4.46. The number of nitrogens with one attached hydrogen (secondary N) is 1. The summed E-state index contributed by atoms with van der Waals surface area (Å²) in [5.41, 5.74) is 1.44. The highest BCUT2D eigenvalue weighted by molar-refractivity contribution is 7.71. The van der Waals surface area contributed by atoms with Crippen molar-refractivity contribution in [2.75, 3.05) is 6.54 Å². The minimum Gasteiger partial charge on any atom is -0.494 e. The van der Waals surface area contributed by atoms with Crippen LogP contribution in [0.4, 0.5) is 0 Å². The van der Waals surface area contributed by atoms with Crippen molar-refractivity contribution in [3.8, 4) is 5.88 Å². The largest absolute Gasteiger partial charge is 0.494 e. The van der Waals surface area contributed by atoms with Crippen LogP contribution in [0.1, 0.15) is 81.5 Å². The second kappa shape index (κ2) is 9.12. The number of nitrogens with zero attached hydrogens (tertiary/aromatic N) is 4. The lowest BCUT2D eigenvalue weighted by molar-refractivity contribution is 0.155. The summed E-state index contributed by atoms with van der Waals surface area (Å²) in [7, 11) is 0. The molecule has 0 aromatic carbocycles. The molecule has 160 valence electrons. The normalized spacial score (nSPS) is 21.0. The highest BCUT2D eigenvalue weighted by atomic mass is 32.1. The third kappa shape index (κ3) is 4.19. The molecule has 0 bridgehead atoms. The van der Waals surface area contributed by atoms with Crippen molar-refractivity contribution >= 4 is 17.9 Å². The molecule has 30 heavy (non-hydrogen) atoms. The van der Waals surface area contributed by atoms with Gasteiger partial charge in [0, 0.05) is 25.0 Å². The molecule has 2 aliphatic rings. The van der Waals surface area contributed by atoms with Crippen LogP contribution in [0.3, 0.4) is 0 Å². The third-order valence-corrected chi connectivity index (χ3v) is 6.54. The van der Waals surface area contributed by atoms with Crippen LogP contribution in [-0.2, 0) is 0 Å². The average molecular weight is 428 g/mol. The van der Waals surface area contributed by atoms with Gasteiger partial charge >= 0.3 is 0 Å². The van der Waals surface area contributed by atoms with Gasteiger partial charge in [-0.2, -0.15) is 5.10 Å². The fourth-order valence-corrected chi connectivity index (χ4v) is 5.06. The fraction of sp³-hybridized carbons (Fsp3) is 0.545. The van der Waals surface area contributed by atoms with Gasteiger partial charge in [0.1, 0.15) is 5.56 Å². The molecule has 1 aliphatic heterocycles. The molecule has 2 aromatic heterocycles. The monoisotopic (exact) mass is 427 g/mol. The topological polar surface area (TPSA) is 86.5 Å². The Kier molecular flexibility index (Phi) is 6.32. The molecular weight excluding hydrogens is 398 g/mol. The smallest absolute Gasteiger partial charge is 0.264 e. The van der Waals surface area contributed by atoms with Crippen molar-refractivity contribution in [3.63, 3.8) is 0 Å². The van der Waals surface area contributed by atoms with Crippen LogP contribution in [0.5, 0.6) is 5.88 Å². The van der Waals surface area contributed by atoms with Gasteiger partial charge in [0.15, 0.2) is 4.77 Å². The number of aromatic nitrogens is 3. The molecule has 3 heterocycles. The quantitative estimate of drug-likeness (QED) is 0.556. The van der Waals surface area contributed by atoms with Crippen molar-refractivity contribution in [3.05, 3.63) is 50.8 Å². The molecular formula is C22H29N5O2S. The summed E-state index contributed by atoms with van der Waals surface area (Å²) in [6, 6.07) is 4.23. The van der Waals surface area contributed by atoms with E-state index in [1.807, 2.05) is 17.3 Å². The maximum atomic E-state index is 12.7. The molecule has 0 unspecified atom stereocenters. The first-order valence-corrected chi connectivity index (χ1v) is 11.3. The zero-order chi connectivity index (χ0) is 21.1. The number of pyridine rings is 1. The van der Waals surface area contributed by atoms with Crippen molar-refractivity contribution in [1.29, 1.82) is 0 Å². The first kappa shape index (κ1) is 20.8. The number of aromatic hydroxyl groups is 1. The van der Waals surface area contributed by atoms with E-state index in [9.17, 15) is 9.90 Å². The highest BCUT2D eigenvalue weighted by Gasteiger charge is 2.26. The highest BCUT2D eigenvalue weighted by Crippen LogP contribution is 2.33. The van der Waals surface area contributed by atoms with Crippen LogP contribution < -0.4 is 5.56 Å². The van der Waals surface area contributed by atoms with E-state index >= 15 is 0 Å². The van der Waals surface area contributed by atoms with Gasteiger partial charge in [-0.1, -0.05) is 25.3 Å². The van der Waals surface area contributed by atoms with E-state index in [1.165, 1.54) is 6.42 Å². The zero-order valence-corrected chi connectivity index (χ0v) is 18.2. The van der Waals surface area contributed by atoms with Crippen LogP contribution >= 0.6 is 12.2 Å². The summed E-state index contributed by atoms with van der Waals surface area (Å²) in [5, 5.41) is 17.9. The van der Waals surface area contributed by atoms with Gasteiger partial charge in [0.05, 0.1) is 11.8 Å². The van der Waals surface area contributed by atoms with E-state index in [4.69, 9.17) is 17.3 Å². The predicted molar refractivity (Wildman–Crippen MR) is 119 cm³/mol. The van der Waals surface area contributed by atoms with Gasteiger partial charge < -0.3 is 5.11 Å². The third-order valence-electron chi connectivity index (χ3n) is 6.24. The zero-order valence-electron chi connectivity index (χ0n) is 17.4. The van der Waals surface area contributed by atoms with Gasteiger partial charge in [-0.15, -0.1) is 0 Å². The molecule has 0 amide bonds. The number of piperidine rings is 1. The summed E-state index contributed by atoms with van der Waals surface area (Å²) >= 11 is 5.39. The molecule has 1 saturated carbocycles.